The fourth-order valence-electron chi connectivity index (χ4n) is 2.40. The van der Waals surface area contributed by atoms with Crippen molar-refractivity contribution >= 4 is 11.4 Å². The molecule has 1 rings (SSSR count). The van der Waals surface area contributed by atoms with Crippen LogP contribution in [0.4, 0.5) is 0 Å². The highest BCUT2D eigenvalue weighted by atomic mass is 15.1. The highest BCUT2D eigenvalue weighted by molar-refractivity contribution is 5.72. The molecule has 0 saturated heterocycles. The number of hydrogen-bond donors (Lipinski definition) is 2. The molecule has 0 fully saturated rings. The second-order valence-corrected chi connectivity index (χ2v) is 5.82. The van der Waals surface area contributed by atoms with Crippen molar-refractivity contribution in [2.75, 3.05) is 13.1 Å². The number of unbranched alkanes of at least 4 members (excludes halogenated alkanes) is 4. The van der Waals surface area contributed by atoms with Crippen molar-refractivity contribution in [2.24, 2.45) is 0 Å². The minimum atomic E-state index is 0.148. The van der Waals surface area contributed by atoms with Crippen LogP contribution in [0, 0.1) is 22.7 Å². The Morgan fingerprint density at radius 2 is 1.25 bits per heavy atom. The van der Waals surface area contributed by atoms with Gasteiger partial charge in [0.2, 0.25) is 0 Å². The second kappa shape index (κ2) is 12.0. The fourth-order valence-corrected chi connectivity index (χ4v) is 2.40. The summed E-state index contributed by atoms with van der Waals surface area (Å²) in [5.74, 6) is 1.03. The Bertz CT molecular complexity index is 638. The highest BCUT2D eigenvalue weighted by Crippen LogP contribution is 1.95. The van der Waals surface area contributed by atoms with Crippen molar-refractivity contribution in [3.8, 4) is 12.1 Å². The first kappa shape index (κ1) is 19.6. The Morgan fingerprint density at radius 1 is 0.792 bits per heavy atom. The van der Waals surface area contributed by atoms with Gasteiger partial charge in [-0.15, -0.1) is 0 Å². The molecule has 1 aromatic rings. The van der Waals surface area contributed by atoms with Crippen LogP contribution in [0.1, 0.15) is 52.4 Å². The van der Waals surface area contributed by atoms with Gasteiger partial charge in [-0.05, 0) is 12.8 Å². The predicted molar refractivity (Wildman–Crippen MR) is 98.8 cm³/mol. The van der Waals surface area contributed by atoms with Gasteiger partial charge < -0.3 is 10.6 Å². The van der Waals surface area contributed by atoms with E-state index < -0.39 is 0 Å². The predicted octanol–water partition coefficient (Wildman–Crippen LogP) is 2.51. The monoisotopic (exact) mass is 324 g/mol. The number of nitrogens with one attached hydrogen (secondary N) is 2. The van der Waals surface area contributed by atoms with E-state index in [0.29, 0.717) is 5.22 Å². The lowest BCUT2D eigenvalue weighted by molar-refractivity contribution is 0.644. The molecule has 4 heteroatoms. The molecule has 0 aliphatic carbocycles. The third-order valence-corrected chi connectivity index (χ3v) is 3.85. The fraction of sp³-hybridized carbons (Fsp3) is 0.500. The summed E-state index contributed by atoms with van der Waals surface area (Å²) in [6, 6.07) is 11.4. The Morgan fingerprint density at radius 3 is 1.67 bits per heavy atom. The number of nitrogens with zero attached hydrogens (tertiary/aromatic N) is 2. The minimum absolute atomic E-state index is 0.148. The van der Waals surface area contributed by atoms with Crippen LogP contribution in [0.15, 0.2) is 24.3 Å². The lowest BCUT2D eigenvalue weighted by Gasteiger charge is -2.14. The molecular weight excluding hydrogens is 296 g/mol. The maximum absolute atomic E-state index is 8.95. The van der Waals surface area contributed by atoms with Gasteiger partial charge >= 0.3 is 0 Å². The lowest BCUT2D eigenvalue weighted by atomic mass is 10.2. The van der Waals surface area contributed by atoms with Gasteiger partial charge in [0.1, 0.15) is 23.5 Å². The molecule has 0 unspecified atom stereocenters. The van der Waals surface area contributed by atoms with Gasteiger partial charge in [-0.1, -0.05) is 63.8 Å². The van der Waals surface area contributed by atoms with Crippen LogP contribution in [0.5, 0.6) is 0 Å². The quantitative estimate of drug-likeness (QED) is 0.649. The standard InChI is InChI=1S/C20H28N4/c1-3-5-7-13-23-20(24-14-8-6-4-2)18-11-9-17(10-12-18)19(15-21)16-22/h9-12,23-24H,3-8,13-14H2,1-2H3. The summed E-state index contributed by atoms with van der Waals surface area (Å²) in [7, 11) is 0. The number of rotatable bonds is 10. The van der Waals surface area contributed by atoms with Crippen molar-refractivity contribution < 1.29 is 0 Å². The Balaban J connectivity index is 2.97. The van der Waals surface area contributed by atoms with E-state index in [4.69, 9.17) is 10.5 Å². The van der Waals surface area contributed by atoms with E-state index in [0.717, 1.165) is 37.0 Å². The van der Waals surface area contributed by atoms with Gasteiger partial charge in [0, 0.05) is 23.5 Å². The SMILES string of the molecule is CCCCCNC(NCCCCC)=c1ccc(=C(C#N)C#N)cc1. The normalized spacial score (nSPS) is 9.67. The smallest absolute Gasteiger partial charge is 0.136 e. The van der Waals surface area contributed by atoms with Crippen LogP contribution >= 0.6 is 0 Å². The van der Waals surface area contributed by atoms with E-state index in [2.05, 4.69) is 24.5 Å². The third kappa shape index (κ3) is 6.75. The Kier molecular flexibility index (Phi) is 9.81. The molecule has 0 atom stereocenters. The van der Waals surface area contributed by atoms with Gasteiger partial charge in [0.05, 0.1) is 0 Å². The van der Waals surface area contributed by atoms with Gasteiger partial charge in [0.25, 0.3) is 0 Å². The van der Waals surface area contributed by atoms with E-state index >= 15 is 0 Å². The van der Waals surface area contributed by atoms with Gasteiger partial charge in [-0.2, -0.15) is 10.5 Å². The molecule has 2 N–H and O–H groups in total. The molecule has 0 aliphatic heterocycles. The summed E-state index contributed by atoms with van der Waals surface area (Å²) >= 11 is 0. The minimum Gasteiger partial charge on any atom is -0.371 e. The average molecular weight is 324 g/mol. The van der Waals surface area contributed by atoms with Gasteiger partial charge in [-0.3, -0.25) is 0 Å². The van der Waals surface area contributed by atoms with E-state index in [1.165, 1.54) is 25.7 Å². The molecular formula is C20H28N4. The zero-order valence-electron chi connectivity index (χ0n) is 14.9. The molecule has 24 heavy (non-hydrogen) atoms. The van der Waals surface area contributed by atoms with Crippen molar-refractivity contribution in [3.63, 3.8) is 0 Å². The molecule has 4 nitrogen and oxygen atoms in total. The van der Waals surface area contributed by atoms with Crippen LogP contribution < -0.4 is 21.1 Å². The first-order chi connectivity index (χ1) is 11.8. The first-order valence-corrected chi connectivity index (χ1v) is 8.89. The topological polar surface area (TPSA) is 71.6 Å². The van der Waals surface area contributed by atoms with E-state index in [-0.39, 0.29) is 5.57 Å². The van der Waals surface area contributed by atoms with Gasteiger partial charge in [-0.25, -0.2) is 0 Å². The average Bonchev–Trinajstić information content (AvgIpc) is 2.62. The summed E-state index contributed by atoms with van der Waals surface area (Å²) in [6.07, 6.45) is 7.15. The summed E-state index contributed by atoms with van der Waals surface area (Å²) in [5, 5.41) is 26.6. The number of nitriles is 2. The molecule has 0 spiro atoms. The molecule has 1 aromatic carbocycles. The van der Waals surface area contributed by atoms with Crippen LogP contribution in [-0.2, 0) is 0 Å². The summed E-state index contributed by atoms with van der Waals surface area (Å²) in [6.45, 7) is 6.29. The van der Waals surface area contributed by atoms with E-state index in [9.17, 15) is 0 Å². The van der Waals surface area contributed by atoms with E-state index in [1.54, 1.807) is 0 Å². The molecule has 0 aromatic heterocycles. The number of hydrogen-bond acceptors (Lipinski definition) is 4. The van der Waals surface area contributed by atoms with E-state index in [1.807, 2.05) is 36.4 Å². The van der Waals surface area contributed by atoms with Crippen molar-refractivity contribution in [2.45, 2.75) is 52.4 Å². The third-order valence-electron chi connectivity index (χ3n) is 3.85. The molecule has 0 saturated carbocycles. The molecule has 0 bridgehead atoms. The van der Waals surface area contributed by atoms with Crippen molar-refractivity contribution in [3.05, 3.63) is 34.7 Å². The van der Waals surface area contributed by atoms with Crippen LogP contribution in [0.25, 0.3) is 11.4 Å². The van der Waals surface area contributed by atoms with Crippen LogP contribution in [0.3, 0.4) is 0 Å². The van der Waals surface area contributed by atoms with Gasteiger partial charge in [0.15, 0.2) is 0 Å². The summed E-state index contributed by atoms with van der Waals surface area (Å²) < 4.78 is 0. The van der Waals surface area contributed by atoms with Crippen LogP contribution in [0.2, 0.25) is 0 Å². The molecule has 0 radical (unpaired) electrons. The zero-order valence-corrected chi connectivity index (χ0v) is 14.9. The summed E-state index contributed by atoms with van der Waals surface area (Å²) in [5.41, 5.74) is 0.148. The maximum atomic E-state index is 8.95. The molecule has 128 valence electrons. The molecule has 0 aliphatic rings. The van der Waals surface area contributed by atoms with Crippen molar-refractivity contribution in [1.29, 1.82) is 10.5 Å². The van der Waals surface area contributed by atoms with Crippen molar-refractivity contribution in [1.82, 2.24) is 10.6 Å². The van der Waals surface area contributed by atoms with Crippen LogP contribution in [-0.4, -0.2) is 13.1 Å². The zero-order chi connectivity index (χ0) is 17.6. The molecule has 0 amide bonds. The highest BCUT2D eigenvalue weighted by Gasteiger charge is 1.99. The number of benzene rings is 1. The first-order valence-electron chi connectivity index (χ1n) is 8.89. The molecule has 0 heterocycles. The lowest BCUT2D eigenvalue weighted by Crippen LogP contribution is -2.33. The summed E-state index contributed by atoms with van der Waals surface area (Å²) in [4.78, 5) is 0. The second-order valence-electron chi connectivity index (χ2n) is 5.82. The maximum Gasteiger partial charge on any atom is 0.136 e. The Labute approximate surface area is 145 Å². The largest absolute Gasteiger partial charge is 0.371 e. The Hall–Kier alpha value is -2.46.